The van der Waals surface area contributed by atoms with Crippen molar-refractivity contribution in [2.75, 3.05) is 39.5 Å². The average Bonchev–Trinajstić information content (AvgIpc) is 3.16. The monoisotopic (exact) mass is 398 g/mol. The van der Waals surface area contributed by atoms with Crippen LogP contribution in [0.25, 0.3) is 0 Å². The van der Waals surface area contributed by atoms with Crippen LogP contribution in [0.5, 0.6) is 5.75 Å². The van der Waals surface area contributed by atoms with Crippen LogP contribution < -0.4 is 10.1 Å². The fourth-order valence-electron chi connectivity index (χ4n) is 2.78. The molecule has 1 aliphatic heterocycles. The average molecular weight is 399 g/mol. The largest absolute Gasteiger partial charge is 0.482 e. The first-order valence-electron chi connectivity index (χ1n) is 8.33. The van der Waals surface area contributed by atoms with Crippen LogP contribution in [0, 0.1) is 5.82 Å². The van der Waals surface area contributed by atoms with Crippen LogP contribution in [0.3, 0.4) is 0 Å². The van der Waals surface area contributed by atoms with Crippen molar-refractivity contribution < 1.29 is 18.7 Å². The Hall–Kier alpha value is -1.67. The topological polar surface area (TPSA) is 50.8 Å². The number of hydrogen-bond donors (Lipinski definition) is 1. The minimum atomic E-state index is -0.448. The molecule has 0 saturated carbocycles. The lowest BCUT2D eigenvalue weighted by molar-refractivity contribution is -0.123. The van der Waals surface area contributed by atoms with Gasteiger partial charge in [0.25, 0.3) is 5.91 Å². The Kier molecular flexibility index (Phi) is 6.85. The summed E-state index contributed by atoms with van der Waals surface area (Å²) in [5, 5.41) is 5.09. The van der Waals surface area contributed by atoms with Gasteiger partial charge in [-0.25, -0.2) is 4.39 Å². The molecule has 0 bridgehead atoms. The number of carbonyl (C=O) groups excluding carboxylic acids is 1. The number of ether oxygens (including phenoxy) is 2. The van der Waals surface area contributed by atoms with Crippen molar-refractivity contribution in [3.05, 3.63) is 51.4 Å². The fraction of sp³-hybridized carbons (Fsp3) is 0.389. The van der Waals surface area contributed by atoms with Crippen LogP contribution in [0.4, 0.5) is 4.39 Å². The van der Waals surface area contributed by atoms with Gasteiger partial charge in [0.15, 0.2) is 6.61 Å². The van der Waals surface area contributed by atoms with Gasteiger partial charge < -0.3 is 14.8 Å². The Morgan fingerprint density at radius 2 is 2.19 bits per heavy atom. The Bertz CT molecular complexity index is 723. The van der Waals surface area contributed by atoms with Crippen molar-refractivity contribution in [1.82, 2.24) is 10.2 Å². The molecule has 1 saturated heterocycles. The Balaban J connectivity index is 1.53. The van der Waals surface area contributed by atoms with E-state index in [2.05, 4.69) is 16.3 Å². The lowest BCUT2D eigenvalue weighted by Crippen LogP contribution is -2.44. The Morgan fingerprint density at radius 3 is 2.88 bits per heavy atom. The van der Waals surface area contributed by atoms with Crippen molar-refractivity contribution in [1.29, 1.82) is 0 Å². The minimum Gasteiger partial charge on any atom is -0.482 e. The molecule has 1 atom stereocenters. The van der Waals surface area contributed by atoms with Gasteiger partial charge in [-0.15, -0.1) is 11.3 Å². The molecule has 1 N–H and O–H groups in total. The third-order valence-corrected chi connectivity index (χ3v) is 5.37. The van der Waals surface area contributed by atoms with E-state index in [9.17, 15) is 9.18 Å². The van der Waals surface area contributed by atoms with E-state index in [-0.39, 0.29) is 29.3 Å². The second-order valence-electron chi connectivity index (χ2n) is 5.85. The van der Waals surface area contributed by atoms with E-state index >= 15 is 0 Å². The molecule has 3 rings (SSSR count). The van der Waals surface area contributed by atoms with E-state index in [1.54, 1.807) is 11.3 Å². The predicted octanol–water partition coefficient (Wildman–Crippen LogP) is 3.11. The van der Waals surface area contributed by atoms with Crippen molar-refractivity contribution in [2.45, 2.75) is 6.04 Å². The van der Waals surface area contributed by atoms with Gasteiger partial charge >= 0.3 is 0 Å². The van der Waals surface area contributed by atoms with E-state index in [0.717, 1.165) is 19.2 Å². The van der Waals surface area contributed by atoms with E-state index < -0.39 is 5.82 Å². The number of rotatable bonds is 7. The smallest absolute Gasteiger partial charge is 0.258 e. The fourth-order valence-corrected chi connectivity index (χ4v) is 3.86. The molecule has 1 aromatic heterocycles. The van der Waals surface area contributed by atoms with Crippen LogP contribution in [-0.4, -0.2) is 50.3 Å². The van der Waals surface area contributed by atoms with Gasteiger partial charge in [-0.3, -0.25) is 9.69 Å². The van der Waals surface area contributed by atoms with Crippen LogP contribution >= 0.6 is 22.9 Å². The number of carbonyl (C=O) groups is 1. The molecule has 2 aromatic rings. The molecule has 1 aliphatic rings. The number of morpholine rings is 1. The van der Waals surface area contributed by atoms with Crippen LogP contribution in [-0.2, 0) is 9.53 Å². The van der Waals surface area contributed by atoms with Gasteiger partial charge in [-0.2, -0.15) is 0 Å². The molecule has 1 fully saturated rings. The summed E-state index contributed by atoms with van der Waals surface area (Å²) in [4.78, 5) is 15.7. The van der Waals surface area contributed by atoms with Crippen LogP contribution in [0.2, 0.25) is 5.02 Å². The molecular formula is C18H20ClFN2O3S. The summed E-state index contributed by atoms with van der Waals surface area (Å²) < 4.78 is 23.8. The number of nitrogens with one attached hydrogen (secondary N) is 1. The molecule has 1 aromatic carbocycles. The van der Waals surface area contributed by atoms with E-state index in [1.165, 1.54) is 17.0 Å². The highest BCUT2D eigenvalue weighted by Gasteiger charge is 2.24. The number of halogens is 2. The van der Waals surface area contributed by atoms with Crippen molar-refractivity contribution in [3.8, 4) is 5.75 Å². The molecular weight excluding hydrogens is 379 g/mol. The van der Waals surface area contributed by atoms with E-state index in [1.807, 2.05) is 11.4 Å². The summed E-state index contributed by atoms with van der Waals surface area (Å²) in [5.41, 5.74) is 0. The first-order chi connectivity index (χ1) is 12.6. The first-order valence-corrected chi connectivity index (χ1v) is 9.59. The van der Waals surface area contributed by atoms with Crippen molar-refractivity contribution in [2.24, 2.45) is 0 Å². The summed E-state index contributed by atoms with van der Waals surface area (Å²) in [5.74, 6) is -0.414. The summed E-state index contributed by atoms with van der Waals surface area (Å²) in [6.07, 6.45) is 0. The number of nitrogens with zero attached hydrogens (tertiary/aromatic N) is 1. The normalized spacial score (nSPS) is 16.2. The van der Waals surface area contributed by atoms with Gasteiger partial charge in [0.2, 0.25) is 0 Å². The van der Waals surface area contributed by atoms with Gasteiger partial charge in [0.1, 0.15) is 11.6 Å². The van der Waals surface area contributed by atoms with E-state index in [0.29, 0.717) is 19.8 Å². The summed E-state index contributed by atoms with van der Waals surface area (Å²) in [6, 6.07) is 8.00. The molecule has 5 nitrogen and oxygen atoms in total. The molecule has 140 valence electrons. The van der Waals surface area contributed by atoms with Gasteiger partial charge in [0, 0.05) is 24.5 Å². The highest BCUT2D eigenvalue weighted by Crippen LogP contribution is 2.26. The minimum absolute atomic E-state index is 0.109. The third-order valence-electron chi connectivity index (χ3n) is 4.10. The number of hydrogen-bond acceptors (Lipinski definition) is 5. The maximum atomic E-state index is 13.0. The summed E-state index contributed by atoms with van der Waals surface area (Å²) >= 11 is 7.57. The molecule has 2 heterocycles. The zero-order valence-corrected chi connectivity index (χ0v) is 15.7. The molecule has 0 spiro atoms. The van der Waals surface area contributed by atoms with Crippen molar-refractivity contribution >= 4 is 28.8 Å². The summed E-state index contributed by atoms with van der Waals surface area (Å²) in [7, 11) is 0. The molecule has 8 heteroatoms. The highest BCUT2D eigenvalue weighted by molar-refractivity contribution is 7.10. The van der Waals surface area contributed by atoms with Crippen LogP contribution in [0.15, 0.2) is 35.7 Å². The van der Waals surface area contributed by atoms with Crippen LogP contribution in [0.1, 0.15) is 10.9 Å². The zero-order chi connectivity index (χ0) is 18.4. The maximum Gasteiger partial charge on any atom is 0.258 e. The predicted molar refractivity (Wildman–Crippen MR) is 99.4 cm³/mol. The number of benzene rings is 1. The van der Waals surface area contributed by atoms with E-state index in [4.69, 9.17) is 21.1 Å². The first kappa shape index (κ1) is 19.1. The summed E-state index contributed by atoms with van der Waals surface area (Å²) in [6.45, 7) is 3.37. The molecule has 0 unspecified atom stereocenters. The SMILES string of the molecule is O=C(COc1ccc(F)cc1Cl)NC[C@H](c1cccs1)N1CCOCC1. The number of amides is 1. The zero-order valence-electron chi connectivity index (χ0n) is 14.1. The second-order valence-corrected chi connectivity index (χ2v) is 7.23. The second kappa shape index (κ2) is 9.32. The van der Waals surface area contributed by atoms with Gasteiger partial charge in [0.05, 0.1) is 24.3 Å². The Morgan fingerprint density at radius 1 is 1.38 bits per heavy atom. The van der Waals surface area contributed by atoms with Gasteiger partial charge in [-0.1, -0.05) is 17.7 Å². The Labute approximate surface area is 160 Å². The van der Waals surface area contributed by atoms with Gasteiger partial charge in [-0.05, 0) is 29.6 Å². The standard InChI is InChI=1S/C18H20ClFN2O3S/c19-14-10-13(20)3-4-16(14)25-12-18(23)21-11-15(17-2-1-9-26-17)22-5-7-24-8-6-22/h1-4,9-10,15H,5-8,11-12H2,(H,21,23)/t15-/m1/s1. The lowest BCUT2D eigenvalue weighted by atomic mass is 10.2. The van der Waals surface area contributed by atoms with Crippen molar-refractivity contribution in [3.63, 3.8) is 0 Å². The third kappa shape index (κ3) is 5.17. The molecule has 26 heavy (non-hydrogen) atoms. The number of thiophene rings is 1. The maximum absolute atomic E-state index is 13.0. The lowest BCUT2D eigenvalue weighted by Gasteiger charge is -2.34. The molecule has 0 radical (unpaired) electrons. The molecule has 0 aliphatic carbocycles. The molecule has 1 amide bonds. The highest BCUT2D eigenvalue weighted by atomic mass is 35.5. The quantitative estimate of drug-likeness (QED) is 0.778.